The van der Waals surface area contributed by atoms with Crippen LogP contribution >= 0.6 is 11.6 Å². The number of aromatic nitrogens is 2. The topological polar surface area (TPSA) is 43.8 Å². The minimum absolute atomic E-state index is 0.407. The van der Waals surface area contributed by atoms with Gasteiger partial charge in [-0.3, -0.25) is 0 Å². The zero-order chi connectivity index (χ0) is 11.7. The molecular formula is C12H16ClN3. The van der Waals surface area contributed by atoms with Crippen LogP contribution < -0.4 is 5.73 Å². The summed E-state index contributed by atoms with van der Waals surface area (Å²) in [6.07, 6.45) is 1.06. The lowest BCUT2D eigenvalue weighted by Gasteiger charge is -2.14. The molecule has 4 heteroatoms. The molecule has 2 aromatic rings. The summed E-state index contributed by atoms with van der Waals surface area (Å²) in [7, 11) is 0. The van der Waals surface area contributed by atoms with Gasteiger partial charge in [-0.05, 0) is 31.5 Å². The van der Waals surface area contributed by atoms with Gasteiger partial charge in [0.15, 0.2) is 0 Å². The maximum absolute atomic E-state index is 5.96. The molecule has 0 aliphatic carbocycles. The molecule has 16 heavy (non-hydrogen) atoms. The third-order valence-corrected chi connectivity index (χ3v) is 3.17. The molecule has 0 unspecified atom stereocenters. The van der Waals surface area contributed by atoms with Crippen molar-refractivity contribution in [2.24, 2.45) is 5.73 Å². The van der Waals surface area contributed by atoms with Gasteiger partial charge in [0, 0.05) is 11.1 Å². The van der Waals surface area contributed by atoms with Gasteiger partial charge in [-0.1, -0.05) is 18.5 Å². The third kappa shape index (κ3) is 1.81. The van der Waals surface area contributed by atoms with Crippen molar-refractivity contribution in [3.63, 3.8) is 0 Å². The molecule has 1 atom stereocenters. The molecular weight excluding hydrogens is 222 g/mol. The van der Waals surface area contributed by atoms with Crippen LogP contribution in [0.15, 0.2) is 18.2 Å². The molecule has 0 bridgehead atoms. The van der Waals surface area contributed by atoms with E-state index in [9.17, 15) is 0 Å². The van der Waals surface area contributed by atoms with Crippen LogP contribution in [0.4, 0.5) is 0 Å². The molecule has 0 radical (unpaired) electrons. The van der Waals surface area contributed by atoms with E-state index in [-0.39, 0.29) is 0 Å². The number of rotatable bonds is 3. The Kier molecular flexibility index (Phi) is 3.17. The number of benzene rings is 1. The van der Waals surface area contributed by atoms with Gasteiger partial charge in [-0.15, -0.1) is 0 Å². The standard InChI is InChI=1S/C12H16ClN3/c1-3-8(2)16-11-5-4-9(13)6-10(11)15-12(16)7-14/h4-6,8H,3,7,14H2,1-2H3/t8-/m0/s1. The van der Waals surface area contributed by atoms with Crippen molar-refractivity contribution in [1.29, 1.82) is 0 Å². The first-order valence-electron chi connectivity index (χ1n) is 5.53. The van der Waals surface area contributed by atoms with Crippen LogP contribution in [0.25, 0.3) is 11.0 Å². The van der Waals surface area contributed by atoms with Crippen LogP contribution in [-0.2, 0) is 6.54 Å². The van der Waals surface area contributed by atoms with E-state index in [4.69, 9.17) is 17.3 Å². The van der Waals surface area contributed by atoms with Crippen molar-refractivity contribution in [1.82, 2.24) is 9.55 Å². The Balaban J connectivity index is 2.68. The van der Waals surface area contributed by atoms with E-state index in [0.29, 0.717) is 17.6 Å². The van der Waals surface area contributed by atoms with Gasteiger partial charge in [-0.25, -0.2) is 4.98 Å². The number of imidazole rings is 1. The first-order chi connectivity index (χ1) is 7.67. The monoisotopic (exact) mass is 237 g/mol. The summed E-state index contributed by atoms with van der Waals surface area (Å²) in [4.78, 5) is 4.51. The molecule has 0 fully saturated rings. The fraction of sp³-hybridized carbons (Fsp3) is 0.417. The van der Waals surface area contributed by atoms with Crippen LogP contribution in [0.2, 0.25) is 5.02 Å². The summed E-state index contributed by atoms with van der Waals surface area (Å²) >= 11 is 5.96. The van der Waals surface area contributed by atoms with Crippen LogP contribution in [0.3, 0.4) is 0 Å². The van der Waals surface area contributed by atoms with E-state index in [1.807, 2.05) is 18.2 Å². The molecule has 1 heterocycles. The van der Waals surface area contributed by atoms with Crippen molar-refractivity contribution in [3.8, 4) is 0 Å². The van der Waals surface area contributed by atoms with Crippen molar-refractivity contribution in [2.75, 3.05) is 0 Å². The Morgan fingerprint density at radius 2 is 2.25 bits per heavy atom. The van der Waals surface area contributed by atoms with Gasteiger partial charge in [0.05, 0.1) is 17.6 Å². The molecule has 0 spiro atoms. The minimum Gasteiger partial charge on any atom is -0.324 e. The van der Waals surface area contributed by atoms with Crippen molar-refractivity contribution < 1.29 is 0 Å². The highest BCUT2D eigenvalue weighted by atomic mass is 35.5. The van der Waals surface area contributed by atoms with E-state index >= 15 is 0 Å². The van der Waals surface area contributed by atoms with Crippen LogP contribution in [0, 0.1) is 0 Å². The number of hydrogen-bond acceptors (Lipinski definition) is 2. The zero-order valence-corrected chi connectivity index (χ0v) is 10.3. The van der Waals surface area contributed by atoms with Gasteiger partial charge in [0.2, 0.25) is 0 Å². The summed E-state index contributed by atoms with van der Waals surface area (Å²) in [5, 5.41) is 0.713. The number of nitrogens with zero attached hydrogens (tertiary/aromatic N) is 2. The fourth-order valence-electron chi connectivity index (χ4n) is 1.94. The highest BCUT2D eigenvalue weighted by Gasteiger charge is 2.13. The lowest BCUT2D eigenvalue weighted by Crippen LogP contribution is -2.11. The van der Waals surface area contributed by atoms with Crippen LogP contribution in [-0.4, -0.2) is 9.55 Å². The highest BCUT2D eigenvalue weighted by molar-refractivity contribution is 6.31. The number of hydrogen-bond donors (Lipinski definition) is 1. The second-order valence-corrected chi connectivity index (χ2v) is 4.43. The molecule has 0 aliphatic heterocycles. The molecule has 86 valence electrons. The molecule has 0 amide bonds. The SMILES string of the molecule is CC[C@H](C)n1c(CN)nc2cc(Cl)ccc21. The van der Waals surface area contributed by atoms with Gasteiger partial charge in [0.25, 0.3) is 0 Å². The predicted molar refractivity (Wildman–Crippen MR) is 67.6 cm³/mol. The summed E-state index contributed by atoms with van der Waals surface area (Å²) in [5.74, 6) is 0.923. The molecule has 2 N–H and O–H groups in total. The van der Waals surface area contributed by atoms with Crippen molar-refractivity contribution in [3.05, 3.63) is 29.0 Å². The number of halogens is 1. The second-order valence-electron chi connectivity index (χ2n) is 3.99. The first kappa shape index (κ1) is 11.4. The highest BCUT2D eigenvalue weighted by Crippen LogP contribution is 2.25. The van der Waals surface area contributed by atoms with E-state index in [1.165, 1.54) is 0 Å². The van der Waals surface area contributed by atoms with E-state index in [2.05, 4.69) is 23.4 Å². The summed E-state index contributed by atoms with van der Waals surface area (Å²) in [6, 6.07) is 6.19. The molecule has 1 aromatic heterocycles. The van der Waals surface area contributed by atoms with Crippen LogP contribution in [0.5, 0.6) is 0 Å². The Bertz CT molecular complexity index is 504. The largest absolute Gasteiger partial charge is 0.324 e. The van der Waals surface area contributed by atoms with Gasteiger partial charge in [-0.2, -0.15) is 0 Å². The number of fused-ring (bicyclic) bond motifs is 1. The third-order valence-electron chi connectivity index (χ3n) is 2.94. The zero-order valence-electron chi connectivity index (χ0n) is 9.57. The summed E-state index contributed by atoms with van der Waals surface area (Å²) in [5.41, 5.74) is 7.76. The van der Waals surface area contributed by atoms with Crippen LogP contribution in [0.1, 0.15) is 32.1 Å². The van der Waals surface area contributed by atoms with Gasteiger partial charge in [0.1, 0.15) is 5.82 Å². The molecule has 1 aromatic carbocycles. The number of nitrogens with two attached hydrogens (primary N) is 1. The molecule has 0 saturated carbocycles. The first-order valence-corrected chi connectivity index (χ1v) is 5.91. The van der Waals surface area contributed by atoms with E-state index in [1.54, 1.807) is 0 Å². The molecule has 2 rings (SSSR count). The van der Waals surface area contributed by atoms with Crippen molar-refractivity contribution >= 4 is 22.6 Å². The Labute approximate surface area is 100 Å². The summed E-state index contributed by atoms with van der Waals surface area (Å²) < 4.78 is 2.20. The summed E-state index contributed by atoms with van der Waals surface area (Å²) in [6.45, 7) is 4.79. The lowest BCUT2D eigenvalue weighted by atomic mass is 10.2. The average molecular weight is 238 g/mol. The predicted octanol–water partition coefficient (Wildman–Crippen LogP) is 3.12. The second kappa shape index (κ2) is 4.44. The molecule has 0 aliphatic rings. The average Bonchev–Trinajstić information content (AvgIpc) is 2.65. The smallest absolute Gasteiger partial charge is 0.123 e. The maximum atomic E-state index is 5.96. The Hall–Kier alpha value is -1.06. The maximum Gasteiger partial charge on any atom is 0.123 e. The Morgan fingerprint density at radius 1 is 1.50 bits per heavy atom. The Morgan fingerprint density at radius 3 is 2.88 bits per heavy atom. The fourth-order valence-corrected chi connectivity index (χ4v) is 2.11. The van der Waals surface area contributed by atoms with Gasteiger partial charge < -0.3 is 10.3 Å². The van der Waals surface area contributed by atoms with Gasteiger partial charge >= 0.3 is 0 Å². The molecule has 3 nitrogen and oxygen atoms in total. The molecule has 0 saturated heterocycles. The van der Waals surface area contributed by atoms with E-state index in [0.717, 1.165) is 23.3 Å². The lowest BCUT2D eigenvalue weighted by molar-refractivity contribution is 0.522. The minimum atomic E-state index is 0.407. The quantitative estimate of drug-likeness (QED) is 0.892. The van der Waals surface area contributed by atoms with Crippen molar-refractivity contribution in [2.45, 2.75) is 32.9 Å². The normalized spacial score (nSPS) is 13.2. The van der Waals surface area contributed by atoms with E-state index < -0.39 is 0 Å².